The van der Waals surface area contributed by atoms with E-state index in [1.54, 1.807) is 73.8 Å². The number of aryl methyl sites for hydroxylation is 1. The first kappa shape index (κ1) is 30.5. The van der Waals surface area contributed by atoms with Crippen molar-refractivity contribution in [3.8, 4) is 0 Å². The molecule has 0 aliphatic rings. The fourth-order valence-corrected chi connectivity index (χ4v) is 5.54. The summed E-state index contributed by atoms with van der Waals surface area (Å²) in [6, 6.07) is 25.7. The van der Waals surface area contributed by atoms with Crippen LogP contribution in [0.2, 0.25) is 0 Å². The number of carbonyl (C=O) groups is 2. The first-order valence-electron chi connectivity index (χ1n) is 13.6. The highest BCUT2D eigenvalue weighted by molar-refractivity contribution is 7.89. The number of rotatable bonds is 13. The lowest BCUT2D eigenvalue weighted by Gasteiger charge is -2.32. The molecule has 3 aromatic carbocycles. The Morgan fingerprint density at radius 3 is 2.19 bits per heavy atom. The van der Waals surface area contributed by atoms with Crippen LogP contribution in [-0.2, 0) is 39.1 Å². The lowest BCUT2D eigenvalue weighted by atomic mass is 10.0. The standard InChI is InChI=1S/C32H33FN4O4S/c1-2-36-42(40,41)29-18-13-24(14-19-29)15-20-30(38)37(23-25-11-16-27(33)17-12-25)31(26-8-4-3-5-9-26)32(39)35-22-28-10-6-7-21-34-28/h3-14,16-19,21,31,36H,2,15,20,22-23H2,1H3,(H,35,39)/t31-/m1/s1. The molecule has 4 aromatic rings. The number of hydrogen-bond donors (Lipinski definition) is 2. The van der Waals surface area contributed by atoms with Gasteiger partial charge in [-0.3, -0.25) is 14.6 Å². The van der Waals surface area contributed by atoms with Crippen LogP contribution in [0.4, 0.5) is 4.39 Å². The smallest absolute Gasteiger partial charge is 0.247 e. The van der Waals surface area contributed by atoms with E-state index in [4.69, 9.17) is 0 Å². The summed E-state index contributed by atoms with van der Waals surface area (Å²) >= 11 is 0. The number of carbonyl (C=O) groups excluding carboxylic acids is 2. The predicted molar refractivity (Wildman–Crippen MR) is 158 cm³/mol. The third-order valence-corrected chi connectivity index (χ3v) is 8.19. The summed E-state index contributed by atoms with van der Waals surface area (Å²) in [6.07, 6.45) is 2.04. The average Bonchev–Trinajstić information content (AvgIpc) is 3.01. The molecule has 0 spiro atoms. The minimum absolute atomic E-state index is 0.0668. The van der Waals surface area contributed by atoms with Crippen LogP contribution in [0.1, 0.15) is 41.8 Å². The molecule has 1 atom stereocenters. The molecule has 10 heteroatoms. The Kier molecular flexibility index (Phi) is 10.5. The highest BCUT2D eigenvalue weighted by atomic mass is 32.2. The fraction of sp³-hybridized carbons (Fsp3) is 0.219. The average molecular weight is 589 g/mol. The molecule has 2 N–H and O–H groups in total. The van der Waals surface area contributed by atoms with Crippen molar-refractivity contribution in [3.63, 3.8) is 0 Å². The number of hydrogen-bond acceptors (Lipinski definition) is 5. The van der Waals surface area contributed by atoms with Gasteiger partial charge < -0.3 is 10.2 Å². The van der Waals surface area contributed by atoms with Gasteiger partial charge in [0.05, 0.1) is 17.1 Å². The molecule has 0 saturated heterocycles. The van der Waals surface area contributed by atoms with Gasteiger partial charge >= 0.3 is 0 Å². The molecule has 0 unspecified atom stereocenters. The Morgan fingerprint density at radius 1 is 0.881 bits per heavy atom. The summed E-state index contributed by atoms with van der Waals surface area (Å²) in [5.74, 6) is -1.06. The Labute approximate surface area is 245 Å². The van der Waals surface area contributed by atoms with Crippen LogP contribution in [0.3, 0.4) is 0 Å². The third-order valence-electron chi connectivity index (χ3n) is 6.63. The van der Waals surface area contributed by atoms with Crippen molar-refractivity contribution >= 4 is 21.8 Å². The molecular weight excluding hydrogens is 555 g/mol. The van der Waals surface area contributed by atoms with E-state index < -0.39 is 21.9 Å². The van der Waals surface area contributed by atoms with Crippen molar-refractivity contribution in [2.75, 3.05) is 6.54 Å². The van der Waals surface area contributed by atoms with E-state index in [0.717, 1.165) is 5.56 Å². The summed E-state index contributed by atoms with van der Waals surface area (Å²) < 4.78 is 40.7. The Bertz CT molecular complexity index is 1570. The highest BCUT2D eigenvalue weighted by Gasteiger charge is 2.31. The topological polar surface area (TPSA) is 108 Å². The van der Waals surface area contributed by atoms with Crippen LogP contribution in [-0.4, -0.2) is 36.7 Å². The molecule has 0 radical (unpaired) electrons. The van der Waals surface area contributed by atoms with Gasteiger partial charge in [0.25, 0.3) is 0 Å². The van der Waals surface area contributed by atoms with Gasteiger partial charge in [-0.05, 0) is 59.5 Å². The summed E-state index contributed by atoms with van der Waals surface area (Å²) in [6.45, 7) is 2.25. The molecule has 4 rings (SSSR count). The van der Waals surface area contributed by atoms with Crippen LogP contribution in [0.5, 0.6) is 0 Å². The summed E-state index contributed by atoms with van der Waals surface area (Å²) in [7, 11) is -3.59. The SMILES string of the molecule is CCNS(=O)(=O)c1ccc(CCC(=O)N(Cc2ccc(F)cc2)[C@@H](C(=O)NCc2ccccn2)c2ccccc2)cc1. The molecule has 218 valence electrons. The Balaban J connectivity index is 1.59. The van der Waals surface area contributed by atoms with Gasteiger partial charge in [0, 0.05) is 25.7 Å². The molecular formula is C32H33FN4O4S. The van der Waals surface area contributed by atoms with Crippen LogP contribution in [0.15, 0.2) is 108 Å². The molecule has 2 amide bonds. The normalized spacial score (nSPS) is 12.0. The zero-order chi connectivity index (χ0) is 30.0. The molecule has 0 fully saturated rings. The van der Waals surface area contributed by atoms with Gasteiger partial charge in [0.2, 0.25) is 21.8 Å². The second-order valence-corrected chi connectivity index (χ2v) is 11.4. The number of amides is 2. The number of benzene rings is 3. The number of nitrogens with one attached hydrogen (secondary N) is 2. The van der Waals surface area contributed by atoms with Crippen molar-refractivity contribution in [1.29, 1.82) is 0 Å². The maximum Gasteiger partial charge on any atom is 0.247 e. The molecule has 1 aromatic heterocycles. The molecule has 0 bridgehead atoms. The van der Waals surface area contributed by atoms with Gasteiger partial charge in [0.15, 0.2) is 0 Å². The van der Waals surface area contributed by atoms with E-state index in [1.165, 1.54) is 29.2 Å². The van der Waals surface area contributed by atoms with Crippen molar-refractivity contribution in [2.24, 2.45) is 0 Å². The van der Waals surface area contributed by atoms with Crippen molar-refractivity contribution < 1.29 is 22.4 Å². The van der Waals surface area contributed by atoms with E-state index in [-0.39, 0.29) is 42.8 Å². The number of aromatic nitrogens is 1. The lowest BCUT2D eigenvalue weighted by Crippen LogP contribution is -2.43. The van der Waals surface area contributed by atoms with E-state index in [2.05, 4.69) is 15.0 Å². The molecule has 8 nitrogen and oxygen atoms in total. The van der Waals surface area contributed by atoms with E-state index >= 15 is 0 Å². The van der Waals surface area contributed by atoms with Gasteiger partial charge in [-0.25, -0.2) is 17.5 Å². The quantitative estimate of drug-likeness (QED) is 0.239. The zero-order valence-electron chi connectivity index (χ0n) is 23.2. The zero-order valence-corrected chi connectivity index (χ0v) is 24.1. The second kappa shape index (κ2) is 14.5. The van der Waals surface area contributed by atoms with Crippen LogP contribution < -0.4 is 10.0 Å². The lowest BCUT2D eigenvalue weighted by molar-refractivity contribution is -0.141. The number of nitrogens with zero attached hydrogens (tertiary/aromatic N) is 2. The Hall–Kier alpha value is -4.41. The maximum absolute atomic E-state index is 13.8. The van der Waals surface area contributed by atoms with Crippen LogP contribution in [0, 0.1) is 5.82 Å². The third kappa shape index (κ3) is 8.31. The van der Waals surface area contributed by atoms with Crippen LogP contribution in [0.25, 0.3) is 0 Å². The fourth-order valence-electron chi connectivity index (χ4n) is 4.50. The minimum atomic E-state index is -3.59. The van der Waals surface area contributed by atoms with Crippen molar-refractivity contribution in [1.82, 2.24) is 19.9 Å². The van der Waals surface area contributed by atoms with E-state index in [9.17, 15) is 22.4 Å². The van der Waals surface area contributed by atoms with Gasteiger partial charge in [-0.15, -0.1) is 0 Å². The van der Waals surface area contributed by atoms with E-state index in [1.807, 2.05) is 12.1 Å². The number of pyridine rings is 1. The van der Waals surface area contributed by atoms with Gasteiger partial charge in [-0.2, -0.15) is 0 Å². The first-order chi connectivity index (χ1) is 20.3. The first-order valence-corrected chi connectivity index (χ1v) is 15.1. The van der Waals surface area contributed by atoms with E-state index in [0.29, 0.717) is 23.2 Å². The largest absolute Gasteiger partial charge is 0.348 e. The predicted octanol–water partition coefficient (Wildman–Crippen LogP) is 4.54. The monoisotopic (exact) mass is 588 g/mol. The summed E-state index contributed by atoms with van der Waals surface area (Å²) in [5.41, 5.74) is 2.75. The second-order valence-electron chi connectivity index (χ2n) is 9.65. The van der Waals surface area contributed by atoms with Crippen molar-refractivity contribution in [2.45, 2.75) is 43.8 Å². The van der Waals surface area contributed by atoms with Crippen molar-refractivity contribution in [3.05, 3.63) is 131 Å². The number of sulfonamides is 1. The van der Waals surface area contributed by atoms with Gasteiger partial charge in [-0.1, -0.05) is 67.6 Å². The van der Waals surface area contributed by atoms with Gasteiger partial charge in [0.1, 0.15) is 11.9 Å². The maximum atomic E-state index is 13.8. The molecule has 42 heavy (non-hydrogen) atoms. The Morgan fingerprint density at radius 2 is 1.55 bits per heavy atom. The summed E-state index contributed by atoms with van der Waals surface area (Å²) in [4.78, 5) is 33.5. The molecule has 1 heterocycles. The number of halogens is 1. The minimum Gasteiger partial charge on any atom is -0.348 e. The highest BCUT2D eigenvalue weighted by Crippen LogP contribution is 2.25. The summed E-state index contributed by atoms with van der Waals surface area (Å²) in [5, 5.41) is 2.91. The molecule has 0 aliphatic carbocycles. The molecule has 0 saturated carbocycles. The molecule has 0 aliphatic heterocycles. The van der Waals surface area contributed by atoms with Crippen LogP contribution >= 0.6 is 0 Å².